The van der Waals surface area contributed by atoms with Crippen molar-refractivity contribution in [3.8, 4) is 0 Å². The highest BCUT2D eigenvalue weighted by molar-refractivity contribution is 6.46. The Morgan fingerprint density at radius 2 is 1.37 bits per heavy atom. The van der Waals surface area contributed by atoms with Crippen molar-refractivity contribution < 1.29 is 18.4 Å². The first-order valence-corrected chi connectivity index (χ1v) is 9.34. The summed E-state index contributed by atoms with van der Waals surface area (Å²) < 4.78 is 26.7. The molecule has 1 heterocycles. The zero-order valence-electron chi connectivity index (χ0n) is 16.4. The fourth-order valence-corrected chi connectivity index (χ4v) is 3.39. The lowest BCUT2D eigenvalue weighted by atomic mass is 10.0. The predicted octanol–water partition coefficient (Wildman–Crippen LogP) is 4.98. The number of halogens is 2. The Labute approximate surface area is 172 Å². The lowest BCUT2D eigenvalue weighted by Crippen LogP contribution is -2.33. The van der Waals surface area contributed by atoms with E-state index in [-0.39, 0.29) is 11.3 Å². The molecule has 0 atom stereocenters. The Kier molecular flexibility index (Phi) is 4.91. The van der Waals surface area contributed by atoms with E-state index in [1.54, 1.807) is 6.07 Å². The van der Waals surface area contributed by atoms with Gasteiger partial charge >= 0.3 is 0 Å². The number of imide groups is 1. The van der Waals surface area contributed by atoms with E-state index in [0.717, 1.165) is 16.0 Å². The smallest absolute Gasteiger partial charge is 0.282 e. The second-order valence-electron chi connectivity index (χ2n) is 7.12. The highest BCUT2D eigenvalue weighted by Crippen LogP contribution is 2.35. The van der Waals surface area contributed by atoms with Gasteiger partial charge in [0, 0.05) is 5.69 Å². The summed E-state index contributed by atoms with van der Waals surface area (Å²) in [6, 6.07) is 16.3. The standard InChI is InChI=1S/C24H18F2N2O2/c1-14-3-4-15(2)20(13-14)28-23(29)21(16-5-7-17(25)8-6-16)22(24(28)30)27-19-11-9-18(26)10-12-19/h3-13,27H,1-2H3. The van der Waals surface area contributed by atoms with E-state index in [0.29, 0.717) is 16.9 Å². The van der Waals surface area contributed by atoms with Gasteiger partial charge in [0.05, 0.1) is 11.3 Å². The van der Waals surface area contributed by atoms with Crippen LogP contribution in [0, 0.1) is 25.5 Å². The van der Waals surface area contributed by atoms with Crippen LogP contribution in [0.15, 0.2) is 72.4 Å². The molecule has 0 aromatic heterocycles. The summed E-state index contributed by atoms with van der Waals surface area (Å²) >= 11 is 0. The molecule has 0 aliphatic carbocycles. The molecule has 0 saturated heterocycles. The van der Waals surface area contributed by atoms with Gasteiger partial charge in [0.25, 0.3) is 11.8 Å². The molecule has 1 aliphatic rings. The molecule has 3 aromatic carbocycles. The molecular formula is C24H18F2N2O2. The summed E-state index contributed by atoms with van der Waals surface area (Å²) in [7, 11) is 0. The third-order valence-electron chi connectivity index (χ3n) is 4.94. The second kappa shape index (κ2) is 7.55. The summed E-state index contributed by atoms with van der Waals surface area (Å²) in [5.74, 6) is -1.91. The van der Waals surface area contributed by atoms with Crippen molar-refractivity contribution in [2.75, 3.05) is 10.2 Å². The van der Waals surface area contributed by atoms with Gasteiger partial charge in [-0.05, 0) is 73.0 Å². The lowest BCUT2D eigenvalue weighted by molar-refractivity contribution is -0.120. The van der Waals surface area contributed by atoms with Gasteiger partial charge in [0.1, 0.15) is 17.3 Å². The van der Waals surface area contributed by atoms with E-state index in [4.69, 9.17) is 0 Å². The molecule has 0 saturated carbocycles. The second-order valence-corrected chi connectivity index (χ2v) is 7.12. The fraction of sp³-hybridized carbons (Fsp3) is 0.0833. The average Bonchev–Trinajstić information content (AvgIpc) is 2.96. The summed E-state index contributed by atoms with van der Waals surface area (Å²) in [6.07, 6.45) is 0. The number of benzene rings is 3. The van der Waals surface area contributed by atoms with Crippen LogP contribution in [0.5, 0.6) is 0 Å². The minimum absolute atomic E-state index is 0.0547. The van der Waals surface area contributed by atoms with Crippen LogP contribution in [0.3, 0.4) is 0 Å². The number of amides is 2. The molecule has 1 aliphatic heterocycles. The Balaban J connectivity index is 1.84. The maximum atomic E-state index is 13.4. The quantitative estimate of drug-likeness (QED) is 0.624. The fourth-order valence-electron chi connectivity index (χ4n) is 3.39. The van der Waals surface area contributed by atoms with E-state index in [1.807, 2.05) is 26.0 Å². The zero-order valence-corrected chi connectivity index (χ0v) is 16.4. The van der Waals surface area contributed by atoms with Gasteiger partial charge < -0.3 is 5.32 Å². The van der Waals surface area contributed by atoms with Gasteiger partial charge in [-0.15, -0.1) is 0 Å². The van der Waals surface area contributed by atoms with Crippen LogP contribution in [0.2, 0.25) is 0 Å². The molecule has 6 heteroatoms. The average molecular weight is 404 g/mol. The van der Waals surface area contributed by atoms with Gasteiger partial charge in [-0.25, -0.2) is 13.7 Å². The minimum Gasteiger partial charge on any atom is -0.350 e. The number of anilines is 2. The van der Waals surface area contributed by atoms with E-state index >= 15 is 0 Å². The molecule has 3 aromatic rings. The Morgan fingerprint density at radius 1 is 0.767 bits per heavy atom. The topological polar surface area (TPSA) is 49.4 Å². The third-order valence-corrected chi connectivity index (χ3v) is 4.94. The predicted molar refractivity (Wildman–Crippen MR) is 112 cm³/mol. The van der Waals surface area contributed by atoms with Gasteiger partial charge in [0.2, 0.25) is 0 Å². The summed E-state index contributed by atoms with van der Waals surface area (Å²) in [4.78, 5) is 27.8. The largest absolute Gasteiger partial charge is 0.350 e. The van der Waals surface area contributed by atoms with Gasteiger partial charge in [0.15, 0.2) is 0 Å². The van der Waals surface area contributed by atoms with E-state index in [2.05, 4.69) is 5.32 Å². The monoisotopic (exact) mass is 404 g/mol. The molecule has 0 fully saturated rings. The number of nitrogens with one attached hydrogen (secondary N) is 1. The van der Waals surface area contributed by atoms with Crippen molar-refractivity contribution in [2.24, 2.45) is 0 Å². The minimum atomic E-state index is -0.530. The summed E-state index contributed by atoms with van der Waals surface area (Å²) in [6.45, 7) is 3.69. The van der Waals surface area contributed by atoms with Crippen LogP contribution in [0.25, 0.3) is 5.57 Å². The van der Waals surface area contributed by atoms with E-state index in [1.165, 1.54) is 48.5 Å². The number of carbonyl (C=O) groups excluding carboxylic acids is 2. The summed E-state index contributed by atoms with van der Waals surface area (Å²) in [5.41, 5.74) is 3.20. The number of rotatable bonds is 4. The zero-order chi connectivity index (χ0) is 21.4. The van der Waals surface area contributed by atoms with Crippen molar-refractivity contribution in [2.45, 2.75) is 13.8 Å². The van der Waals surface area contributed by atoms with Crippen LogP contribution in [0.4, 0.5) is 20.2 Å². The maximum absolute atomic E-state index is 13.4. The molecular weight excluding hydrogens is 386 g/mol. The van der Waals surface area contributed by atoms with Crippen LogP contribution >= 0.6 is 0 Å². The number of nitrogens with zero attached hydrogens (tertiary/aromatic N) is 1. The van der Waals surface area contributed by atoms with Crippen molar-refractivity contribution in [1.29, 1.82) is 0 Å². The van der Waals surface area contributed by atoms with Crippen molar-refractivity contribution in [1.82, 2.24) is 0 Å². The molecule has 1 N–H and O–H groups in total. The van der Waals surface area contributed by atoms with Gasteiger partial charge in [-0.1, -0.05) is 24.3 Å². The van der Waals surface area contributed by atoms with Crippen LogP contribution in [-0.4, -0.2) is 11.8 Å². The number of hydrogen-bond acceptors (Lipinski definition) is 3. The van der Waals surface area contributed by atoms with Crippen LogP contribution < -0.4 is 10.2 Å². The molecule has 30 heavy (non-hydrogen) atoms. The molecule has 2 amide bonds. The molecule has 0 spiro atoms. The Hall–Kier alpha value is -3.80. The molecule has 0 unspecified atom stereocenters. The Bertz CT molecular complexity index is 1180. The molecule has 4 nitrogen and oxygen atoms in total. The van der Waals surface area contributed by atoms with Crippen molar-refractivity contribution in [3.63, 3.8) is 0 Å². The summed E-state index contributed by atoms with van der Waals surface area (Å²) in [5, 5.41) is 2.95. The normalized spacial score (nSPS) is 13.9. The SMILES string of the molecule is Cc1ccc(C)c(N2C(=O)C(Nc3ccc(F)cc3)=C(c3ccc(F)cc3)C2=O)c1. The first-order valence-electron chi connectivity index (χ1n) is 9.34. The van der Waals surface area contributed by atoms with E-state index in [9.17, 15) is 18.4 Å². The maximum Gasteiger partial charge on any atom is 0.282 e. The third kappa shape index (κ3) is 3.48. The van der Waals surface area contributed by atoms with Crippen molar-refractivity contribution >= 4 is 28.8 Å². The number of carbonyl (C=O) groups is 2. The van der Waals surface area contributed by atoms with E-state index < -0.39 is 23.4 Å². The highest BCUT2D eigenvalue weighted by Gasteiger charge is 2.40. The van der Waals surface area contributed by atoms with Gasteiger partial charge in [-0.3, -0.25) is 9.59 Å². The molecule has 150 valence electrons. The molecule has 0 bridgehead atoms. The van der Waals surface area contributed by atoms with Gasteiger partial charge in [-0.2, -0.15) is 0 Å². The molecule has 4 rings (SSSR count). The van der Waals surface area contributed by atoms with Crippen LogP contribution in [0.1, 0.15) is 16.7 Å². The number of hydrogen-bond donors (Lipinski definition) is 1. The molecule has 0 radical (unpaired) electrons. The highest BCUT2D eigenvalue weighted by atomic mass is 19.1. The Morgan fingerprint density at radius 3 is 2.00 bits per heavy atom. The first kappa shape index (κ1) is 19.5. The number of aryl methyl sites for hydroxylation is 2. The van der Waals surface area contributed by atoms with Crippen LogP contribution in [-0.2, 0) is 9.59 Å². The van der Waals surface area contributed by atoms with Crippen molar-refractivity contribution in [3.05, 3.63) is 101 Å². The first-order chi connectivity index (χ1) is 14.3. The lowest BCUT2D eigenvalue weighted by Gasteiger charge is -2.18.